The number of rotatable bonds is 6. The minimum absolute atomic E-state index is 0.157. The number of nitrogens with two attached hydrogens (primary N) is 1. The van der Waals surface area contributed by atoms with Crippen LogP contribution in [-0.4, -0.2) is 12.6 Å². The molecular formula is C12H21NO2. The third-order valence-electron chi connectivity index (χ3n) is 1.87. The van der Waals surface area contributed by atoms with Crippen molar-refractivity contribution in [3.63, 3.8) is 0 Å². The predicted octanol–water partition coefficient (Wildman–Crippen LogP) is 2.38. The van der Waals surface area contributed by atoms with Crippen molar-refractivity contribution in [1.29, 1.82) is 0 Å². The van der Waals surface area contributed by atoms with Crippen LogP contribution in [-0.2, 0) is 9.53 Å². The molecular weight excluding hydrogens is 190 g/mol. The molecule has 0 heterocycles. The minimum atomic E-state index is -0.393. The number of esters is 1. The Balaban J connectivity index is 3.78. The summed E-state index contributed by atoms with van der Waals surface area (Å²) in [6.45, 7) is 9.57. The van der Waals surface area contributed by atoms with Gasteiger partial charge in [-0.1, -0.05) is 26.5 Å². The maximum absolute atomic E-state index is 11.0. The average molecular weight is 211 g/mol. The van der Waals surface area contributed by atoms with Crippen LogP contribution in [0.5, 0.6) is 0 Å². The van der Waals surface area contributed by atoms with E-state index in [1.54, 1.807) is 6.92 Å². The van der Waals surface area contributed by atoms with Crippen molar-refractivity contribution in [1.82, 2.24) is 0 Å². The van der Waals surface area contributed by atoms with Gasteiger partial charge in [0.05, 0.1) is 0 Å². The highest BCUT2D eigenvalue weighted by molar-refractivity contribution is 5.87. The first kappa shape index (κ1) is 13.8. The number of ether oxygens (including phenoxy) is 1. The highest BCUT2D eigenvalue weighted by Crippen LogP contribution is 2.05. The Morgan fingerprint density at radius 1 is 1.53 bits per heavy atom. The molecule has 0 bridgehead atoms. The SMILES string of the molecule is C=C(C)C(=O)OCC(N)=CCCC(C)C. The molecule has 86 valence electrons. The number of hydrogen-bond acceptors (Lipinski definition) is 3. The molecule has 0 fully saturated rings. The largest absolute Gasteiger partial charge is 0.456 e. The highest BCUT2D eigenvalue weighted by atomic mass is 16.5. The zero-order valence-electron chi connectivity index (χ0n) is 9.88. The highest BCUT2D eigenvalue weighted by Gasteiger charge is 2.02. The molecule has 0 saturated carbocycles. The number of carbonyl (C=O) groups is 1. The van der Waals surface area contributed by atoms with E-state index in [9.17, 15) is 4.79 Å². The minimum Gasteiger partial charge on any atom is -0.456 e. The fraction of sp³-hybridized carbons (Fsp3) is 0.583. The monoisotopic (exact) mass is 211 g/mol. The van der Waals surface area contributed by atoms with E-state index in [1.807, 2.05) is 6.08 Å². The molecule has 0 radical (unpaired) electrons. The predicted molar refractivity (Wildman–Crippen MR) is 62.1 cm³/mol. The summed E-state index contributed by atoms with van der Waals surface area (Å²) >= 11 is 0. The molecule has 3 nitrogen and oxygen atoms in total. The lowest BCUT2D eigenvalue weighted by atomic mass is 10.1. The molecule has 0 amide bonds. The molecule has 0 aromatic heterocycles. The van der Waals surface area contributed by atoms with Crippen LogP contribution >= 0.6 is 0 Å². The summed E-state index contributed by atoms with van der Waals surface area (Å²) < 4.78 is 4.89. The fourth-order valence-corrected chi connectivity index (χ4v) is 0.933. The maximum Gasteiger partial charge on any atom is 0.333 e. The molecule has 0 aliphatic rings. The number of allylic oxidation sites excluding steroid dienone is 1. The van der Waals surface area contributed by atoms with Crippen LogP contribution in [0.2, 0.25) is 0 Å². The van der Waals surface area contributed by atoms with Crippen molar-refractivity contribution in [2.45, 2.75) is 33.6 Å². The van der Waals surface area contributed by atoms with Crippen LogP contribution in [0, 0.1) is 5.92 Å². The lowest BCUT2D eigenvalue weighted by Gasteiger charge is -2.05. The molecule has 0 rings (SSSR count). The topological polar surface area (TPSA) is 52.3 Å². The second-order valence-electron chi connectivity index (χ2n) is 4.11. The smallest absolute Gasteiger partial charge is 0.333 e. The second-order valence-corrected chi connectivity index (χ2v) is 4.11. The van der Waals surface area contributed by atoms with Gasteiger partial charge in [0.1, 0.15) is 6.61 Å². The van der Waals surface area contributed by atoms with E-state index in [1.165, 1.54) is 0 Å². The summed E-state index contributed by atoms with van der Waals surface area (Å²) in [4.78, 5) is 11.0. The van der Waals surface area contributed by atoms with Gasteiger partial charge in [0.15, 0.2) is 0 Å². The van der Waals surface area contributed by atoms with Crippen LogP contribution < -0.4 is 5.73 Å². The Morgan fingerprint density at radius 3 is 2.60 bits per heavy atom. The van der Waals surface area contributed by atoms with Crippen LogP contribution in [0.3, 0.4) is 0 Å². The van der Waals surface area contributed by atoms with Crippen LogP contribution in [0.15, 0.2) is 23.9 Å². The Morgan fingerprint density at radius 2 is 2.13 bits per heavy atom. The lowest BCUT2D eigenvalue weighted by Crippen LogP contribution is -2.12. The summed E-state index contributed by atoms with van der Waals surface area (Å²) in [5.74, 6) is 0.266. The normalized spacial score (nSPS) is 11.6. The van der Waals surface area contributed by atoms with Crippen molar-refractivity contribution in [3.05, 3.63) is 23.9 Å². The molecule has 0 aliphatic carbocycles. The number of hydrogen-bond donors (Lipinski definition) is 1. The van der Waals surface area contributed by atoms with Gasteiger partial charge in [-0.3, -0.25) is 0 Å². The zero-order chi connectivity index (χ0) is 11.8. The average Bonchev–Trinajstić information content (AvgIpc) is 2.13. The molecule has 3 heteroatoms. The van der Waals surface area contributed by atoms with Gasteiger partial charge in [-0.25, -0.2) is 4.79 Å². The molecule has 0 aliphatic heterocycles. The van der Waals surface area contributed by atoms with E-state index < -0.39 is 5.97 Å². The van der Waals surface area contributed by atoms with Crippen molar-refractivity contribution in [2.24, 2.45) is 11.7 Å². The lowest BCUT2D eigenvalue weighted by molar-refractivity contribution is -0.138. The fourth-order valence-electron chi connectivity index (χ4n) is 0.933. The molecule has 2 N–H and O–H groups in total. The molecule has 0 unspecified atom stereocenters. The summed E-state index contributed by atoms with van der Waals surface area (Å²) in [5, 5.41) is 0. The first-order valence-corrected chi connectivity index (χ1v) is 5.20. The van der Waals surface area contributed by atoms with Gasteiger partial charge >= 0.3 is 5.97 Å². The quantitative estimate of drug-likeness (QED) is 0.542. The van der Waals surface area contributed by atoms with E-state index in [0.29, 0.717) is 17.2 Å². The third-order valence-corrected chi connectivity index (χ3v) is 1.87. The van der Waals surface area contributed by atoms with Crippen molar-refractivity contribution < 1.29 is 9.53 Å². The molecule has 0 spiro atoms. The Labute approximate surface area is 92.0 Å². The van der Waals surface area contributed by atoms with Gasteiger partial charge in [0.25, 0.3) is 0 Å². The van der Waals surface area contributed by atoms with Crippen molar-refractivity contribution >= 4 is 5.97 Å². The van der Waals surface area contributed by atoms with E-state index in [2.05, 4.69) is 20.4 Å². The van der Waals surface area contributed by atoms with Crippen LogP contribution in [0.1, 0.15) is 33.6 Å². The second kappa shape index (κ2) is 7.10. The third kappa shape index (κ3) is 7.79. The molecule has 0 atom stereocenters. The van der Waals surface area contributed by atoms with Gasteiger partial charge in [0, 0.05) is 11.3 Å². The van der Waals surface area contributed by atoms with Crippen molar-refractivity contribution in [2.75, 3.05) is 6.61 Å². The van der Waals surface area contributed by atoms with E-state index in [0.717, 1.165) is 12.8 Å². The summed E-state index contributed by atoms with van der Waals surface area (Å²) in [6.07, 6.45) is 3.93. The van der Waals surface area contributed by atoms with E-state index >= 15 is 0 Å². The molecule has 0 aromatic rings. The maximum atomic E-state index is 11.0. The molecule has 0 saturated heterocycles. The zero-order valence-corrected chi connectivity index (χ0v) is 9.88. The van der Waals surface area contributed by atoms with Gasteiger partial charge < -0.3 is 10.5 Å². The summed E-state index contributed by atoms with van der Waals surface area (Å²) in [5.41, 5.74) is 6.66. The van der Waals surface area contributed by atoms with Crippen molar-refractivity contribution in [3.8, 4) is 0 Å². The van der Waals surface area contributed by atoms with Gasteiger partial charge in [-0.2, -0.15) is 0 Å². The van der Waals surface area contributed by atoms with Gasteiger partial charge in [0.2, 0.25) is 0 Å². The Hall–Kier alpha value is -1.25. The number of carbonyl (C=O) groups excluding carboxylic acids is 1. The first-order valence-electron chi connectivity index (χ1n) is 5.20. The molecule has 0 aromatic carbocycles. The Bertz CT molecular complexity index is 254. The van der Waals surface area contributed by atoms with Gasteiger partial charge in [-0.05, 0) is 25.7 Å². The summed E-state index contributed by atoms with van der Waals surface area (Å²) in [7, 11) is 0. The first-order chi connectivity index (χ1) is 6.93. The standard InChI is InChI=1S/C12H21NO2/c1-9(2)6-5-7-11(13)8-15-12(14)10(3)4/h7,9H,3,5-6,8,13H2,1-2,4H3. The van der Waals surface area contributed by atoms with E-state index in [4.69, 9.17) is 10.5 Å². The van der Waals surface area contributed by atoms with Gasteiger partial charge in [-0.15, -0.1) is 0 Å². The Kier molecular flexibility index (Phi) is 6.50. The molecule has 15 heavy (non-hydrogen) atoms. The van der Waals surface area contributed by atoms with E-state index in [-0.39, 0.29) is 6.61 Å². The van der Waals surface area contributed by atoms with Crippen LogP contribution in [0.25, 0.3) is 0 Å². The summed E-state index contributed by atoms with van der Waals surface area (Å²) in [6, 6.07) is 0. The van der Waals surface area contributed by atoms with Crippen LogP contribution in [0.4, 0.5) is 0 Å².